The molecule has 1 aromatic rings. The smallest absolute Gasteiger partial charge is 0.255 e. The lowest BCUT2D eigenvalue weighted by atomic mass is 10.3. The van der Waals surface area contributed by atoms with Crippen molar-refractivity contribution in [3.8, 4) is 0 Å². The van der Waals surface area contributed by atoms with Crippen molar-refractivity contribution in [2.24, 2.45) is 0 Å². The highest BCUT2D eigenvalue weighted by molar-refractivity contribution is 6.29. The molecule has 0 saturated heterocycles. The molecule has 0 N–H and O–H groups in total. The molecule has 15 heavy (non-hydrogen) atoms. The third-order valence-corrected chi connectivity index (χ3v) is 2.53. The molecular weight excluding hydrogens is 235 g/mol. The summed E-state index contributed by atoms with van der Waals surface area (Å²) in [6, 6.07) is 1.31. The summed E-state index contributed by atoms with van der Waals surface area (Å²) in [6.45, 7) is 4.23. The van der Waals surface area contributed by atoms with Crippen LogP contribution < -0.4 is 5.56 Å². The molecule has 0 fully saturated rings. The molecule has 0 atom stereocenters. The topological polar surface area (TPSA) is 34.9 Å². The monoisotopic (exact) mass is 246 g/mol. The summed E-state index contributed by atoms with van der Waals surface area (Å²) >= 11 is 11.3. The van der Waals surface area contributed by atoms with Gasteiger partial charge in [-0.05, 0) is 12.5 Å². The maximum absolute atomic E-state index is 11.6. The van der Waals surface area contributed by atoms with E-state index in [1.165, 1.54) is 11.6 Å². The van der Waals surface area contributed by atoms with Crippen LogP contribution in [0.1, 0.15) is 19.7 Å². The Bertz CT molecular complexity index is 438. The Labute approximate surface area is 98.3 Å². The molecule has 0 saturated carbocycles. The molecule has 0 radical (unpaired) electrons. The Morgan fingerprint density at radius 1 is 1.67 bits per heavy atom. The van der Waals surface area contributed by atoms with Crippen molar-refractivity contribution >= 4 is 23.2 Å². The number of allylic oxidation sites excluding steroid dienone is 1. The SMILES string of the molecule is CCc1nc(Cl)cc(=O)n1CC(C)=CCl. The van der Waals surface area contributed by atoms with Gasteiger partial charge in [-0.1, -0.05) is 30.1 Å². The van der Waals surface area contributed by atoms with Crippen molar-refractivity contribution in [1.29, 1.82) is 0 Å². The second kappa shape index (κ2) is 5.33. The van der Waals surface area contributed by atoms with Crippen molar-refractivity contribution in [2.75, 3.05) is 0 Å². The van der Waals surface area contributed by atoms with E-state index in [9.17, 15) is 4.79 Å². The Morgan fingerprint density at radius 2 is 2.33 bits per heavy atom. The standard InChI is InChI=1S/C10H12Cl2N2O/c1-3-9-13-8(12)4-10(15)14(9)6-7(2)5-11/h4-5H,3,6H2,1-2H3. The molecule has 0 aromatic carbocycles. The predicted octanol–water partition coefficient (Wildman–Crippen LogP) is 2.60. The van der Waals surface area contributed by atoms with E-state index in [0.717, 1.165) is 5.57 Å². The maximum Gasteiger partial charge on any atom is 0.255 e. The van der Waals surface area contributed by atoms with Gasteiger partial charge in [-0.2, -0.15) is 0 Å². The number of halogens is 2. The van der Waals surface area contributed by atoms with Gasteiger partial charge in [0.15, 0.2) is 0 Å². The summed E-state index contributed by atoms with van der Waals surface area (Å²) in [5.41, 5.74) is 2.21. The highest BCUT2D eigenvalue weighted by atomic mass is 35.5. The van der Waals surface area contributed by atoms with Gasteiger partial charge in [0.05, 0.1) is 0 Å². The lowest BCUT2D eigenvalue weighted by Gasteiger charge is -2.10. The fourth-order valence-electron chi connectivity index (χ4n) is 1.25. The molecule has 0 spiro atoms. The average Bonchev–Trinajstić information content (AvgIpc) is 2.21. The third-order valence-electron chi connectivity index (χ3n) is 1.97. The van der Waals surface area contributed by atoms with Gasteiger partial charge in [-0.25, -0.2) is 4.98 Å². The Morgan fingerprint density at radius 3 is 2.87 bits per heavy atom. The molecule has 1 aromatic heterocycles. The Balaban J connectivity index is 3.21. The number of aryl methyl sites for hydroxylation is 1. The van der Waals surface area contributed by atoms with Gasteiger partial charge in [0.1, 0.15) is 11.0 Å². The second-order valence-corrected chi connectivity index (χ2v) is 3.83. The number of rotatable bonds is 3. The molecule has 0 aliphatic heterocycles. The second-order valence-electron chi connectivity index (χ2n) is 3.23. The molecule has 82 valence electrons. The van der Waals surface area contributed by atoms with E-state index in [1.807, 2.05) is 13.8 Å². The minimum Gasteiger partial charge on any atom is -0.292 e. The fraction of sp³-hybridized carbons (Fsp3) is 0.400. The first kappa shape index (κ1) is 12.3. The van der Waals surface area contributed by atoms with Crippen LogP contribution in [0.25, 0.3) is 0 Å². The average molecular weight is 247 g/mol. The van der Waals surface area contributed by atoms with Crippen LogP contribution in [0.5, 0.6) is 0 Å². The van der Waals surface area contributed by atoms with Crippen LogP contribution in [0.2, 0.25) is 5.15 Å². The third kappa shape index (κ3) is 3.08. The summed E-state index contributed by atoms with van der Waals surface area (Å²) in [5.74, 6) is 0.672. The Hall–Kier alpha value is -0.800. The highest BCUT2D eigenvalue weighted by Gasteiger charge is 2.06. The quantitative estimate of drug-likeness (QED) is 0.769. The van der Waals surface area contributed by atoms with E-state index in [-0.39, 0.29) is 10.7 Å². The van der Waals surface area contributed by atoms with E-state index in [2.05, 4.69) is 4.98 Å². The molecule has 0 aliphatic rings. The first-order chi connectivity index (χ1) is 7.08. The predicted molar refractivity (Wildman–Crippen MR) is 62.5 cm³/mol. The van der Waals surface area contributed by atoms with Gasteiger partial charge >= 0.3 is 0 Å². The van der Waals surface area contributed by atoms with Crippen molar-refractivity contribution in [3.05, 3.63) is 38.5 Å². The zero-order valence-electron chi connectivity index (χ0n) is 8.63. The number of nitrogens with zero attached hydrogens (tertiary/aromatic N) is 2. The van der Waals surface area contributed by atoms with E-state index >= 15 is 0 Å². The van der Waals surface area contributed by atoms with Crippen LogP contribution in [-0.2, 0) is 13.0 Å². The molecule has 0 amide bonds. The van der Waals surface area contributed by atoms with Gasteiger partial charge in [0.2, 0.25) is 0 Å². The maximum atomic E-state index is 11.6. The molecule has 0 bridgehead atoms. The first-order valence-corrected chi connectivity index (χ1v) is 5.42. The first-order valence-electron chi connectivity index (χ1n) is 4.60. The molecule has 3 nitrogen and oxygen atoms in total. The van der Waals surface area contributed by atoms with Crippen molar-refractivity contribution in [3.63, 3.8) is 0 Å². The zero-order valence-corrected chi connectivity index (χ0v) is 10.1. The minimum atomic E-state index is -0.148. The van der Waals surface area contributed by atoms with Crippen LogP contribution in [0, 0.1) is 0 Å². The molecule has 0 unspecified atom stereocenters. The normalized spacial score (nSPS) is 11.9. The van der Waals surface area contributed by atoms with Gasteiger partial charge in [-0.3, -0.25) is 9.36 Å². The number of hydrogen-bond donors (Lipinski definition) is 0. The number of aromatic nitrogens is 2. The van der Waals surface area contributed by atoms with Crippen molar-refractivity contribution < 1.29 is 0 Å². The van der Waals surface area contributed by atoms with Gasteiger partial charge in [-0.15, -0.1) is 0 Å². The minimum absolute atomic E-state index is 0.148. The van der Waals surface area contributed by atoms with E-state index in [1.54, 1.807) is 4.57 Å². The lowest BCUT2D eigenvalue weighted by molar-refractivity contribution is 0.667. The molecule has 0 aliphatic carbocycles. The highest BCUT2D eigenvalue weighted by Crippen LogP contribution is 2.06. The van der Waals surface area contributed by atoms with Crippen LogP contribution >= 0.6 is 23.2 Å². The summed E-state index contributed by atoms with van der Waals surface area (Å²) in [5, 5.41) is 0.237. The molecular formula is C10H12Cl2N2O. The molecule has 1 rings (SSSR count). The van der Waals surface area contributed by atoms with E-state index in [0.29, 0.717) is 18.8 Å². The molecule has 5 heteroatoms. The largest absolute Gasteiger partial charge is 0.292 e. The Kier molecular flexibility index (Phi) is 4.36. The van der Waals surface area contributed by atoms with Gasteiger partial charge < -0.3 is 0 Å². The van der Waals surface area contributed by atoms with Crippen molar-refractivity contribution in [1.82, 2.24) is 9.55 Å². The summed E-state index contributed by atoms with van der Waals surface area (Å²) < 4.78 is 1.57. The lowest BCUT2D eigenvalue weighted by Crippen LogP contribution is -2.24. The molecule has 1 heterocycles. The van der Waals surface area contributed by atoms with E-state index in [4.69, 9.17) is 23.2 Å². The zero-order chi connectivity index (χ0) is 11.4. The van der Waals surface area contributed by atoms with Crippen LogP contribution in [-0.4, -0.2) is 9.55 Å². The summed E-state index contributed by atoms with van der Waals surface area (Å²) in [7, 11) is 0. The van der Waals surface area contributed by atoms with Crippen LogP contribution in [0.3, 0.4) is 0 Å². The van der Waals surface area contributed by atoms with Crippen LogP contribution in [0.15, 0.2) is 22.0 Å². The van der Waals surface area contributed by atoms with Crippen LogP contribution in [0.4, 0.5) is 0 Å². The fourth-order valence-corrected chi connectivity index (χ4v) is 1.51. The van der Waals surface area contributed by atoms with Crippen molar-refractivity contribution in [2.45, 2.75) is 26.8 Å². The van der Waals surface area contributed by atoms with E-state index < -0.39 is 0 Å². The number of hydrogen-bond acceptors (Lipinski definition) is 2. The summed E-state index contributed by atoms with van der Waals surface area (Å²) in [6.07, 6.45) is 0.658. The van der Waals surface area contributed by atoms with Gasteiger partial charge in [0, 0.05) is 24.6 Å². The summed E-state index contributed by atoms with van der Waals surface area (Å²) in [4.78, 5) is 15.7. The van der Waals surface area contributed by atoms with Gasteiger partial charge in [0.25, 0.3) is 5.56 Å².